The maximum Gasteiger partial charge on any atom is 0.319 e. The molecule has 5 aliphatic heterocycles. The predicted molar refractivity (Wildman–Crippen MR) is 343 cm³/mol. The lowest BCUT2D eigenvalue weighted by molar-refractivity contribution is 0.122. The Morgan fingerprint density at radius 1 is 0.464 bits per heavy atom. The van der Waals surface area contributed by atoms with Crippen molar-refractivity contribution in [1.82, 2.24) is 49.9 Å². The van der Waals surface area contributed by atoms with Crippen LogP contribution in [0.15, 0.2) is 115 Å². The van der Waals surface area contributed by atoms with Gasteiger partial charge >= 0.3 is 6.03 Å². The van der Waals surface area contributed by atoms with Gasteiger partial charge in [0, 0.05) is 139 Å². The molecular weight excluding hydrogens is 1120 g/mol. The van der Waals surface area contributed by atoms with E-state index in [4.69, 9.17) is 54.2 Å². The Morgan fingerprint density at radius 2 is 0.857 bits per heavy atom. The van der Waals surface area contributed by atoms with Crippen LogP contribution < -0.4 is 20.4 Å². The van der Waals surface area contributed by atoms with E-state index in [0.717, 1.165) is 188 Å². The van der Waals surface area contributed by atoms with Crippen molar-refractivity contribution >= 4 is 58.2 Å². The third kappa shape index (κ3) is 18.1. The lowest BCUT2D eigenvalue weighted by Crippen LogP contribution is -2.38. The van der Waals surface area contributed by atoms with Gasteiger partial charge in [0.2, 0.25) is 10.6 Å². The number of amides is 2. The van der Waals surface area contributed by atoms with Crippen LogP contribution >= 0.6 is 34.8 Å². The average Bonchev–Trinajstić information content (AvgIpc) is 2.58. The third-order valence-electron chi connectivity index (χ3n) is 15.3. The molecule has 2 N–H and O–H groups in total. The number of anilines is 3. The standard InChI is InChI=1S/C28H34N6O2.C19H23ClN4O.C15H15Cl2N3.3CH4/c1-2-29-28(35)30-23-10-8-22(9-11-23)26-31-25-13-15-33(20-21-6-4-3-5-7-21)14-12-24(25)27(32-26)34-16-18-36-19-17-34;20-19-21-17-7-9-23(14-15-4-2-1-3-5-15)8-6-16(17)18(22-19)24-10-12-25-13-11-24;16-14-12-6-8-20(10-11-4-2-1-3-5-11)9-7-13(12)18-15(17)19-14;;;/h3-11H,2,12-20H2,1H3,(H2,29,30,35);1-5H,6-14H2;1-5H,6-10H2;3*1H4. The zero-order chi connectivity index (χ0) is 55.8. The molecule has 4 aromatic carbocycles. The number of hydrogen-bond donors (Lipinski definition) is 2. The van der Waals surface area contributed by atoms with Gasteiger partial charge in [0.05, 0.1) is 43.5 Å². The summed E-state index contributed by atoms with van der Waals surface area (Å²) in [6, 6.07) is 39.3. The highest BCUT2D eigenvalue weighted by molar-refractivity contribution is 6.32. The molecular formula is C65H84Cl3N13O3. The minimum atomic E-state index is -0.207. The molecule has 2 saturated heterocycles. The van der Waals surface area contributed by atoms with E-state index in [1.165, 1.54) is 27.8 Å². The van der Waals surface area contributed by atoms with Crippen molar-refractivity contribution in [2.24, 2.45) is 0 Å². The van der Waals surface area contributed by atoms with Crippen molar-refractivity contribution in [3.63, 3.8) is 0 Å². The number of fused-ring (bicyclic) bond motifs is 3. The summed E-state index contributed by atoms with van der Waals surface area (Å²) in [5, 5.41) is 6.70. The summed E-state index contributed by atoms with van der Waals surface area (Å²) in [5.41, 5.74) is 12.5. The molecule has 0 atom stereocenters. The first-order valence-corrected chi connectivity index (χ1v) is 29.6. The average molecular weight is 1200 g/mol. The van der Waals surface area contributed by atoms with E-state index >= 15 is 0 Å². The molecule has 16 nitrogen and oxygen atoms in total. The number of rotatable bonds is 11. The number of carbonyl (C=O) groups is 1. The molecule has 3 aromatic heterocycles. The number of nitrogens with zero attached hydrogens (tertiary/aromatic N) is 11. The highest BCUT2D eigenvalue weighted by Crippen LogP contribution is 2.31. The molecule has 5 aliphatic rings. The maximum absolute atomic E-state index is 11.9. The zero-order valence-electron chi connectivity index (χ0n) is 46.2. The highest BCUT2D eigenvalue weighted by atomic mass is 35.5. The first-order valence-electron chi connectivity index (χ1n) is 28.5. The lowest BCUT2D eigenvalue weighted by atomic mass is 10.1. The second-order valence-electron chi connectivity index (χ2n) is 20.8. The Bertz CT molecular complexity index is 3140. The smallest absolute Gasteiger partial charge is 0.319 e. The van der Waals surface area contributed by atoms with Gasteiger partial charge in [-0.2, -0.15) is 0 Å². The maximum atomic E-state index is 11.9. The first-order chi connectivity index (χ1) is 39.7. The molecule has 0 spiro atoms. The molecule has 8 heterocycles. The van der Waals surface area contributed by atoms with Gasteiger partial charge in [-0.25, -0.2) is 34.7 Å². The predicted octanol–water partition coefficient (Wildman–Crippen LogP) is 11.6. The number of benzene rings is 4. The fraction of sp³-hybridized carbons (Fsp3) is 0.431. The van der Waals surface area contributed by atoms with E-state index in [1.807, 2.05) is 37.3 Å². The van der Waals surface area contributed by atoms with Gasteiger partial charge in [0.15, 0.2) is 5.82 Å². The van der Waals surface area contributed by atoms with Crippen LogP contribution in [0.4, 0.5) is 22.1 Å². The molecule has 2 amide bonds. The number of morpholine rings is 2. The normalized spacial score (nSPS) is 16.2. The van der Waals surface area contributed by atoms with Crippen molar-refractivity contribution in [1.29, 1.82) is 0 Å². The van der Waals surface area contributed by atoms with Crippen molar-refractivity contribution in [3.05, 3.63) is 181 Å². The van der Waals surface area contributed by atoms with Crippen molar-refractivity contribution in [3.8, 4) is 11.4 Å². The molecule has 0 saturated carbocycles. The number of nitrogens with one attached hydrogen (secondary N) is 2. The van der Waals surface area contributed by atoms with Gasteiger partial charge in [-0.1, -0.05) is 125 Å². The fourth-order valence-electron chi connectivity index (χ4n) is 11.0. The van der Waals surface area contributed by atoms with Crippen LogP contribution in [0.3, 0.4) is 0 Å². The van der Waals surface area contributed by atoms with Crippen LogP contribution in [-0.4, -0.2) is 149 Å². The van der Waals surface area contributed by atoms with Crippen LogP contribution in [0.1, 0.15) is 79.7 Å². The summed E-state index contributed by atoms with van der Waals surface area (Å²) in [5.74, 6) is 2.79. The van der Waals surface area contributed by atoms with Gasteiger partial charge in [0.25, 0.3) is 0 Å². The van der Waals surface area contributed by atoms with Gasteiger partial charge < -0.3 is 29.9 Å². The van der Waals surface area contributed by atoms with Crippen LogP contribution in [0, 0.1) is 0 Å². The molecule has 84 heavy (non-hydrogen) atoms. The van der Waals surface area contributed by atoms with E-state index in [1.54, 1.807) is 0 Å². The van der Waals surface area contributed by atoms with Crippen molar-refractivity contribution < 1.29 is 14.3 Å². The van der Waals surface area contributed by atoms with Crippen LogP contribution in [0.25, 0.3) is 11.4 Å². The van der Waals surface area contributed by atoms with Gasteiger partial charge in [-0.05, 0) is 90.3 Å². The van der Waals surface area contributed by atoms with E-state index in [2.05, 4.69) is 140 Å². The van der Waals surface area contributed by atoms with Crippen molar-refractivity contribution in [2.45, 2.75) is 87.4 Å². The van der Waals surface area contributed by atoms with E-state index < -0.39 is 0 Å². The van der Waals surface area contributed by atoms with Crippen LogP contribution in [0.5, 0.6) is 0 Å². The van der Waals surface area contributed by atoms with E-state index in [-0.39, 0.29) is 33.6 Å². The number of carbonyl (C=O) groups excluding carboxylic acids is 1. The summed E-state index contributed by atoms with van der Waals surface area (Å²) in [6.45, 7) is 17.6. The Hall–Kier alpha value is -6.34. The molecule has 0 bridgehead atoms. The van der Waals surface area contributed by atoms with Crippen LogP contribution in [-0.2, 0) is 67.6 Å². The summed E-state index contributed by atoms with van der Waals surface area (Å²) in [4.78, 5) is 51.6. The summed E-state index contributed by atoms with van der Waals surface area (Å²) < 4.78 is 11.1. The molecule has 2 fully saturated rings. The number of urea groups is 1. The second kappa shape index (κ2) is 32.8. The molecule has 0 radical (unpaired) electrons. The second-order valence-corrected chi connectivity index (χ2v) is 21.8. The molecule has 448 valence electrons. The van der Waals surface area contributed by atoms with Gasteiger partial charge in [-0.3, -0.25) is 14.7 Å². The molecule has 19 heteroatoms. The molecule has 0 aliphatic carbocycles. The van der Waals surface area contributed by atoms with Crippen LogP contribution in [0.2, 0.25) is 15.7 Å². The lowest BCUT2D eigenvalue weighted by Gasteiger charge is -2.30. The number of ether oxygens (including phenoxy) is 2. The van der Waals surface area contributed by atoms with E-state index in [0.29, 0.717) is 30.2 Å². The first kappa shape index (κ1) is 65.2. The SMILES string of the molecule is C.C.C.CCNC(=O)Nc1ccc(-c2nc3c(c(N4CCOCC4)n2)CCN(Cc2ccccc2)CC3)cc1.Clc1nc(Cl)c2c(n1)CCN(Cc1ccccc1)CC2.Clc1nc2c(c(N3CCOCC3)n1)CCN(Cc1ccccc1)CC2. The minimum absolute atomic E-state index is 0. The minimum Gasteiger partial charge on any atom is -0.378 e. The number of aromatic nitrogens is 6. The molecule has 0 unspecified atom stereocenters. The Labute approximate surface area is 513 Å². The van der Waals surface area contributed by atoms with E-state index in [9.17, 15) is 4.79 Å². The topological polar surface area (TPSA) is 153 Å². The largest absolute Gasteiger partial charge is 0.378 e. The zero-order valence-corrected chi connectivity index (χ0v) is 48.5. The number of hydrogen-bond acceptors (Lipinski definition) is 14. The van der Waals surface area contributed by atoms with Gasteiger partial charge in [-0.15, -0.1) is 0 Å². The Morgan fingerprint density at radius 3 is 1.31 bits per heavy atom. The Kier molecular flexibility index (Phi) is 25.5. The summed E-state index contributed by atoms with van der Waals surface area (Å²) in [7, 11) is 0. The highest BCUT2D eigenvalue weighted by Gasteiger charge is 2.27. The fourth-order valence-corrected chi connectivity index (χ4v) is 11.7. The number of halogens is 3. The van der Waals surface area contributed by atoms with Crippen molar-refractivity contribution in [2.75, 3.05) is 114 Å². The third-order valence-corrected chi connectivity index (χ3v) is 15.9. The quantitative estimate of drug-likeness (QED) is 0.0933. The Balaban J connectivity index is 0.000000186. The van der Waals surface area contributed by atoms with Gasteiger partial charge in [0.1, 0.15) is 16.8 Å². The molecule has 12 rings (SSSR count). The summed E-state index contributed by atoms with van der Waals surface area (Å²) >= 11 is 18.3. The monoisotopic (exact) mass is 1200 g/mol. The summed E-state index contributed by atoms with van der Waals surface area (Å²) in [6.07, 6.45) is 5.45. The molecule has 7 aromatic rings.